The molecule has 76 valence electrons. The van der Waals surface area contributed by atoms with Crippen molar-refractivity contribution in [3.63, 3.8) is 0 Å². The topological polar surface area (TPSA) is 20.2 Å². The van der Waals surface area contributed by atoms with Gasteiger partial charge < -0.3 is 5.11 Å². The van der Waals surface area contributed by atoms with Crippen molar-refractivity contribution in [1.29, 1.82) is 0 Å². The smallest absolute Gasteiger partial charge is 0.0490 e. The second-order valence-corrected chi connectivity index (χ2v) is 4.99. The van der Waals surface area contributed by atoms with Gasteiger partial charge in [-0.1, -0.05) is 23.2 Å². The van der Waals surface area contributed by atoms with Crippen LogP contribution in [0.1, 0.15) is 18.4 Å². The minimum atomic E-state index is 0.119. The van der Waals surface area contributed by atoms with Gasteiger partial charge >= 0.3 is 0 Å². The van der Waals surface area contributed by atoms with Crippen molar-refractivity contribution >= 4 is 23.2 Å². The van der Waals surface area contributed by atoms with E-state index >= 15 is 0 Å². The minimum absolute atomic E-state index is 0.119. The summed E-state index contributed by atoms with van der Waals surface area (Å²) in [5.41, 5.74) is 1.24. The molecular weight excluding hydrogens is 219 g/mol. The summed E-state index contributed by atoms with van der Waals surface area (Å²) in [6.45, 7) is 0.261. The van der Waals surface area contributed by atoms with E-state index in [0.717, 1.165) is 24.8 Å². The molecule has 0 amide bonds. The number of hydrogen-bond acceptors (Lipinski definition) is 1. The third-order valence-corrected chi connectivity index (χ3v) is 3.23. The SMILES string of the molecule is OCC1(Cc2cc(Cl)cc(Cl)c2)CC1. The second kappa shape index (κ2) is 3.73. The highest BCUT2D eigenvalue weighted by Crippen LogP contribution is 2.48. The summed E-state index contributed by atoms with van der Waals surface area (Å²) in [4.78, 5) is 0. The molecule has 0 saturated heterocycles. The predicted octanol–water partition coefficient (Wildman–Crippen LogP) is 3.31. The fraction of sp³-hybridized carbons (Fsp3) is 0.455. The zero-order valence-electron chi connectivity index (χ0n) is 7.76. The lowest BCUT2D eigenvalue weighted by atomic mass is 9.97. The van der Waals surface area contributed by atoms with Crippen LogP contribution in [0, 0.1) is 5.41 Å². The number of aliphatic hydroxyl groups is 1. The van der Waals surface area contributed by atoms with E-state index in [2.05, 4.69) is 0 Å². The Bertz CT molecular complexity index is 325. The standard InChI is InChI=1S/C11H12Cl2O/c12-9-3-8(4-10(13)5-9)6-11(7-14)1-2-11/h3-5,14H,1-2,6-7H2. The predicted molar refractivity (Wildman–Crippen MR) is 58.9 cm³/mol. The molecule has 1 aliphatic rings. The van der Waals surface area contributed by atoms with Crippen molar-refractivity contribution in [2.75, 3.05) is 6.61 Å². The van der Waals surface area contributed by atoms with Crippen LogP contribution in [-0.4, -0.2) is 11.7 Å². The van der Waals surface area contributed by atoms with E-state index in [1.165, 1.54) is 0 Å². The third-order valence-electron chi connectivity index (χ3n) is 2.79. The molecule has 1 aromatic carbocycles. The lowest BCUT2D eigenvalue weighted by Crippen LogP contribution is -2.09. The third kappa shape index (κ3) is 2.22. The fourth-order valence-electron chi connectivity index (χ4n) is 1.71. The van der Waals surface area contributed by atoms with E-state index in [1.54, 1.807) is 6.07 Å². The molecule has 1 N–H and O–H groups in total. The Morgan fingerprint density at radius 2 is 1.71 bits per heavy atom. The Balaban J connectivity index is 2.16. The van der Waals surface area contributed by atoms with Gasteiger partial charge in [-0.25, -0.2) is 0 Å². The minimum Gasteiger partial charge on any atom is -0.396 e. The van der Waals surface area contributed by atoms with Crippen LogP contribution in [0.15, 0.2) is 18.2 Å². The highest BCUT2D eigenvalue weighted by Gasteiger charge is 2.41. The Morgan fingerprint density at radius 1 is 1.14 bits per heavy atom. The van der Waals surface area contributed by atoms with Crippen LogP contribution in [0.25, 0.3) is 0 Å². The van der Waals surface area contributed by atoms with Crippen molar-refractivity contribution in [3.8, 4) is 0 Å². The molecule has 0 atom stereocenters. The highest BCUT2D eigenvalue weighted by atomic mass is 35.5. The molecule has 1 nitrogen and oxygen atoms in total. The summed E-state index contributed by atoms with van der Waals surface area (Å²) in [6.07, 6.45) is 3.09. The van der Waals surface area contributed by atoms with Crippen molar-refractivity contribution in [2.24, 2.45) is 5.41 Å². The van der Waals surface area contributed by atoms with E-state index in [0.29, 0.717) is 10.0 Å². The quantitative estimate of drug-likeness (QED) is 0.846. The number of benzene rings is 1. The van der Waals surface area contributed by atoms with Crippen LogP contribution in [0.2, 0.25) is 10.0 Å². The van der Waals surface area contributed by atoms with E-state index in [-0.39, 0.29) is 12.0 Å². The first-order valence-corrected chi connectivity index (χ1v) is 5.45. The summed E-state index contributed by atoms with van der Waals surface area (Å²) in [7, 11) is 0. The average molecular weight is 231 g/mol. The zero-order valence-corrected chi connectivity index (χ0v) is 9.28. The largest absolute Gasteiger partial charge is 0.396 e. The fourth-order valence-corrected chi connectivity index (χ4v) is 2.28. The number of halogens is 2. The number of hydrogen-bond donors (Lipinski definition) is 1. The van der Waals surface area contributed by atoms with Crippen LogP contribution in [0.5, 0.6) is 0 Å². The van der Waals surface area contributed by atoms with Gasteiger partial charge in [-0.15, -0.1) is 0 Å². The Hall–Kier alpha value is -0.240. The van der Waals surface area contributed by atoms with E-state index < -0.39 is 0 Å². The van der Waals surface area contributed by atoms with Gasteiger partial charge in [0.25, 0.3) is 0 Å². The van der Waals surface area contributed by atoms with Crippen molar-refractivity contribution in [3.05, 3.63) is 33.8 Å². The van der Waals surface area contributed by atoms with Gasteiger partial charge in [0.2, 0.25) is 0 Å². The summed E-state index contributed by atoms with van der Waals surface area (Å²) in [6, 6.07) is 5.57. The van der Waals surface area contributed by atoms with E-state index in [4.69, 9.17) is 23.2 Å². The van der Waals surface area contributed by atoms with Crippen LogP contribution in [-0.2, 0) is 6.42 Å². The van der Waals surface area contributed by atoms with Gasteiger partial charge in [-0.3, -0.25) is 0 Å². The Labute approximate surface area is 93.7 Å². The molecule has 0 spiro atoms. The monoisotopic (exact) mass is 230 g/mol. The van der Waals surface area contributed by atoms with Gasteiger partial charge in [-0.05, 0) is 48.4 Å². The molecule has 1 aliphatic carbocycles. The molecule has 0 heterocycles. The number of rotatable bonds is 3. The molecule has 0 unspecified atom stereocenters. The molecule has 3 heteroatoms. The normalized spacial score (nSPS) is 18.2. The molecule has 1 saturated carbocycles. The van der Waals surface area contributed by atoms with Crippen LogP contribution in [0.4, 0.5) is 0 Å². The molecule has 0 aliphatic heterocycles. The molecule has 2 rings (SSSR count). The molecule has 1 fully saturated rings. The van der Waals surface area contributed by atoms with E-state index in [1.807, 2.05) is 12.1 Å². The maximum atomic E-state index is 9.19. The molecule has 0 bridgehead atoms. The zero-order chi connectivity index (χ0) is 10.2. The van der Waals surface area contributed by atoms with Gasteiger partial charge in [0.1, 0.15) is 0 Å². The van der Waals surface area contributed by atoms with Crippen molar-refractivity contribution in [1.82, 2.24) is 0 Å². The Morgan fingerprint density at radius 3 is 2.14 bits per heavy atom. The van der Waals surface area contributed by atoms with E-state index in [9.17, 15) is 5.11 Å². The summed E-state index contributed by atoms with van der Waals surface area (Å²) < 4.78 is 0. The molecule has 0 aromatic heterocycles. The summed E-state index contributed by atoms with van der Waals surface area (Å²) >= 11 is 11.8. The molecule has 1 aromatic rings. The van der Waals surface area contributed by atoms with Gasteiger partial charge in [0.05, 0.1) is 0 Å². The molecular formula is C11H12Cl2O. The van der Waals surface area contributed by atoms with Gasteiger partial charge in [-0.2, -0.15) is 0 Å². The average Bonchev–Trinajstić information content (AvgIpc) is 2.83. The maximum absolute atomic E-state index is 9.19. The molecule has 0 radical (unpaired) electrons. The first-order valence-electron chi connectivity index (χ1n) is 4.69. The first kappa shape index (κ1) is 10.3. The Kier molecular flexibility index (Phi) is 2.74. The van der Waals surface area contributed by atoms with Crippen LogP contribution in [0.3, 0.4) is 0 Å². The van der Waals surface area contributed by atoms with Crippen LogP contribution >= 0.6 is 23.2 Å². The lowest BCUT2D eigenvalue weighted by molar-refractivity contribution is 0.211. The first-order chi connectivity index (χ1) is 6.63. The highest BCUT2D eigenvalue weighted by molar-refractivity contribution is 6.34. The second-order valence-electron chi connectivity index (χ2n) is 4.11. The molecule has 14 heavy (non-hydrogen) atoms. The summed E-state index contributed by atoms with van der Waals surface area (Å²) in [5, 5.41) is 10.5. The van der Waals surface area contributed by atoms with Crippen molar-refractivity contribution in [2.45, 2.75) is 19.3 Å². The van der Waals surface area contributed by atoms with Crippen LogP contribution < -0.4 is 0 Å². The lowest BCUT2D eigenvalue weighted by Gasteiger charge is -2.11. The maximum Gasteiger partial charge on any atom is 0.0490 e. The number of aliphatic hydroxyl groups excluding tert-OH is 1. The van der Waals surface area contributed by atoms with Gasteiger partial charge in [0.15, 0.2) is 0 Å². The van der Waals surface area contributed by atoms with Crippen molar-refractivity contribution < 1.29 is 5.11 Å². The van der Waals surface area contributed by atoms with Gasteiger partial charge in [0, 0.05) is 16.7 Å². The summed E-state index contributed by atoms with van der Waals surface area (Å²) in [5.74, 6) is 0.